The van der Waals surface area contributed by atoms with Gasteiger partial charge in [-0.2, -0.15) is 0 Å². The molecule has 1 aromatic heterocycles. The van der Waals surface area contributed by atoms with Crippen molar-refractivity contribution >= 4 is 48.6 Å². The minimum Gasteiger partial charge on any atom is -0.327 e. The third-order valence-electron chi connectivity index (χ3n) is 2.81. The Morgan fingerprint density at radius 2 is 2.20 bits per heavy atom. The largest absolute Gasteiger partial charge is 0.327 e. The summed E-state index contributed by atoms with van der Waals surface area (Å²) >= 11 is 9.22. The van der Waals surface area contributed by atoms with Crippen molar-refractivity contribution in [3.8, 4) is 0 Å². The highest BCUT2D eigenvalue weighted by Gasteiger charge is 2.11. The maximum atomic E-state index is 11.1. The number of rotatable bonds is 6. The van der Waals surface area contributed by atoms with Gasteiger partial charge in [-0.05, 0) is 18.2 Å². The highest BCUT2D eigenvalue weighted by atomic mass is 79.9. The van der Waals surface area contributed by atoms with Gasteiger partial charge in [0.25, 0.3) is 0 Å². The van der Waals surface area contributed by atoms with Gasteiger partial charge in [-0.25, -0.2) is 18.1 Å². The van der Waals surface area contributed by atoms with Crippen LogP contribution in [-0.4, -0.2) is 36.6 Å². The number of fused-ring (bicyclic) bond motifs is 1. The third-order valence-corrected chi connectivity index (χ3v) is 4.22. The molecule has 1 aromatic carbocycles. The van der Waals surface area contributed by atoms with Gasteiger partial charge < -0.3 is 4.57 Å². The molecule has 0 saturated heterocycles. The van der Waals surface area contributed by atoms with Crippen LogP contribution in [0.3, 0.4) is 0 Å². The van der Waals surface area contributed by atoms with E-state index in [4.69, 9.17) is 11.6 Å². The van der Waals surface area contributed by atoms with Gasteiger partial charge in [-0.15, -0.1) is 11.6 Å². The summed E-state index contributed by atoms with van der Waals surface area (Å²) in [6.07, 6.45) is 1.79. The first-order chi connectivity index (χ1) is 9.40. The molecule has 0 bridgehead atoms. The summed E-state index contributed by atoms with van der Waals surface area (Å²) < 4.78 is 27.7. The Kier molecular flexibility index (Phi) is 5.06. The Morgan fingerprint density at radius 3 is 2.85 bits per heavy atom. The summed E-state index contributed by atoms with van der Waals surface area (Å²) in [6, 6.07) is 5.84. The fourth-order valence-corrected chi connectivity index (χ4v) is 3.00. The lowest BCUT2D eigenvalue weighted by atomic mass is 10.3. The Balaban J connectivity index is 2.31. The van der Waals surface area contributed by atoms with Crippen LogP contribution in [0, 0.1) is 0 Å². The van der Waals surface area contributed by atoms with Crippen molar-refractivity contribution < 1.29 is 8.42 Å². The van der Waals surface area contributed by atoms with Crippen LogP contribution in [-0.2, 0) is 23.0 Å². The maximum absolute atomic E-state index is 11.1. The first-order valence-corrected chi connectivity index (χ1v) is 9.28. The lowest BCUT2D eigenvalue weighted by Gasteiger charge is -2.08. The van der Waals surface area contributed by atoms with Gasteiger partial charge in [0, 0.05) is 29.9 Å². The van der Waals surface area contributed by atoms with Crippen LogP contribution >= 0.6 is 27.5 Å². The van der Waals surface area contributed by atoms with Gasteiger partial charge >= 0.3 is 0 Å². The van der Waals surface area contributed by atoms with Crippen LogP contribution in [0.4, 0.5) is 0 Å². The molecule has 0 amide bonds. The summed E-state index contributed by atoms with van der Waals surface area (Å²) in [5.41, 5.74) is 1.85. The number of aryl methyl sites for hydroxylation is 1. The molecule has 110 valence electrons. The molecule has 0 spiro atoms. The summed E-state index contributed by atoms with van der Waals surface area (Å²) in [6.45, 7) is 0.854. The SMILES string of the molecule is CS(=O)(=O)NCCn1c(CCCl)nc2cc(Br)ccc21. The second kappa shape index (κ2) is 6.43. The van der Waals surface area contributed by atoms with Crippen molar-refractivity contribution in [1.29, 1.82) is 0 Å². The molecule has 0 saturated carbocycles. The van der Waals surface area contributed by atoms with E-state index in [1.54, 1.807) is 0 Å². The number of nitrogens with zero attached hydrogens (tertiary/aromatic N) is 2. The van der Waals surface area contributed by atoms with E-state index < -0.39 is 10.0 Å². The Bertz CT molecular complexity index is 715. The number of halogens is 2. The number of benzene rings is 1. The molecule has 0 aliphatic heterocycles. The van der Waals surface area contributed by atoms with E-state index in [9.17, 15) is 8.42 Å². The molecule has 0 unspecified atom stereocenters. The van der Waals surface area contributed by atoms with E-state index in [0.717, 1.165) is 27.6 Å². The molecule has 0 fully saturated rings. The Hall–Kier alpha value is -0.630. The highest BCUT2D eigenvalue weighted by molar-refractivity contribution is 9.10. The zero-order valence-electron chi connectivity index (χ0n) is 10.9. The number of hydrogen-bond donors (Lipinski definition) is 1. The van der Waals surface area contributed by atoms with Gasteiger partial charge in [0.05, 0.1) is 17.3 Å². The van der Waals surface area contributed by atoms with E-state index >= 15 is 0 Å². The summed E-state index contributed by atoms with van der Waals surface area (Å²) in [4.78, 5) is 4.55. The number of aromatic nitrogens is 2. The maximum Gasteiger partial charge on any atom is 0.208 e. The van der Waals surface area contributed by atoms with Gasteiger partial charge in [-0.1, -0.05) is 15.9 Å². The van der Waals surface area contributed by atoms with Crippen LogP contribution in [0.2, 0.25) is 0 Å². The monoisotopic (exact) mass is 379 g/mol. The van der Waals surface area contributed by atoms with Crippen LogP contribution < -0.4 is 4.72 Å². The van der Waals surface area contributed by atoms with Crippen LogP contribution in [0.1, 0.15) is 5.82 Å². The van der Waals surface area contributed by atoms with Crippen molar-refractivity contribution in [2.75, 3.05) is 18.7 Å². The van der Waals surface area contributed by atoms with E-state index in [2.05, 4.69) is 25.6 Å². The second-order valence-electron chi connectivity index (χ2n) is 4.42. The number of sulfonamides is 1. The normalized spacial score (nSPS) is 12.2. The molecule has 8 heteroatoms. The van der Waals surface area contributed by atoms with Crippen molar-refractivity contribution in [1.82, 2.24) is 14.3 Å². The predicted octanol–water partition coefficient (Wildman–Crippen LogP) is 2.13. The molecule has 0 aliphatic carbocycles. The molecule has 2 rings (SSSR count). The van der Waals surface area contributed by atoms with E-state index in [0.29, 0.717) is 25.4 Å². The lowest BCUT2D eigenvalue weighted by molar-refractivity contribution is 0.577. The smallest absolute Gasteiger partial charge is 0.208 e. The quantitative estimate of drug-likeness (QED) is 0.781. The number of imidazole rings is 1. The van der Waals surface area contributed by atoms with Gasteiger partial charge in [0.1, 0.15) is 5.82 Å². The summed E-state index contributed by atoms with van der Waals surface area (Å²) in [5, 5.41) is 0. The number of hydrogen-bond acceptors (Lipinski definition) is 3. The molecule has 0 atom stereocenters. The zero-order chi connectivity index (χ0) is 14.8. The lowest BCUT2D eigenvalue weighted by Crippen LogP contribution is -2.26. The minimum absolute atomic E-state index is 0.329. The Labute approximate surface area is 131 Å². The van der Waals surface area contributed by atoms with Gasteiger partial charge in [0.15, 0.2) is 0 Å². The van der Waals surface area contributed by atoms with Crippen LogP contribution in [0.15, 0.2) is 22.7 Å². The second-order valence-corrected chi connectivity index (χ2v) is 7.54. The Morgan fingerprint density at radius 1 is 1.45 bits per heavy atom. The van der Waals surface area contributed by atoms with Crippen molar-refractivity contribution in [2.45, 2.75) is 13.0 Å². The molecule has 2 aromatic rings. The fourth-order valence-electron chi connectivity index (χ4n) is 2.02. The first-order valence-electron chi connectivity index (χ1n) is 6.06. The number of alkyl halides is 1. The number of nitrogens with one attached hydrogen (secondary N) is 1. The zero-order valence-corrected chi connectivity index (χ0v) is 14.1. The minimum atomic E-state index is -3.18. The van der Waals surface area contributed by atoms with Crippen molar-refractivity contribution in [3.63, 3.8) is 0 Å². The van der Waals surface area contributed by atoms with Crippen molar-refractivity contribution in [3.05, 3.63) is 28.5 Å². The average Bonchev–Trinajstić information content (AvgIpc) is 2.65. The molecule has 1 N–H and O–H groups in total. The van der Waals surface area contributed by atoms with Crippen LogP contribution in [0.5, 0.6) is 0 Å². The fraction of sp³-hybridized carbons (Fsp3) is 0.417. The van der Waals surface area contributed by atoms with Gasteiger partial charge in [-0.3, -0.25) is 0 Å². The standard InChI is InChI=1S/C12H15BrClN3O2S/c1-20(18,19)15-6-7-17-11-3-2-9(13)8-10(11)16-12(17)4-5-14/h2-3,8,15H,4-7H2,1H3. The topological polar surface area (TPSA) is 64.0 Å². The molecule has 20 heavy (non-hydrogen) atoms. The van der Waals surface area contributed by atoms with Crippen molar-refractivity contribution in [2.24, 2.45) is 0 Å². The highest BCUT2D eigenvalue weighted by Crippen LogP contribution is 2.21. The molecule has 5 nitrogen and oxygen atoms in total. The van der Waals surface area contributed by atoms with E-state index in [1.807, 2.05) is 22.8 Å². The molecule has 0 aliphatic rings. The predicted molar refractivity (Wildman–Crippen MR) is 84.7 cm³/mol. The summed E-state index contributed by atoms with van der Waals surface area (Å²) in [7, 11) is -3.18. The average molecular weight is 381 g/mol. The van der Waals surface area contributed by atoms with Gasteiger partial charge in [0.2, 0.25) is 10.0 Å². The molecule has 1 heterocycles. The van der Waals surface area contributed by atoms with E-state index in [-0.39, 0.29) is 0 Å². The molecule has 0 radical (unpaired) electrons. The van der Waals surface area contributed by atoms with E-state index in [1.165, 1.54) is 0 Å². The molecular weight excluding hydrogens is 366 g/mol. The first kappa shape index (κ1) is 15.8. The molecular formula is C12H15BrClN3O2S. The summed E-state index contributed by atoms with van der Waals surface area (Å²) in [5.74, 6) is 1.34. The van der Waals surface area contributed by atoms with Crippen LogP contribution in [0.25, 0.3) is 11.0 Å². The third kappa shape index (κ3) is 3.94.